The van der Waals surface area contributed by atoms with Gasteiger partial charge >= 0.3 is 0 Å². The first-order valence-electron chi connectivity index (χ1n) is 8.76. The summed E-state index contributed by atoms with van der Waals surface area (Å²) in [6, 6.07) is 12.2. The Labute approximate surface area is 152 Å². The Balaban J connectivity index is 1.72. The number of hydrogen-bond acceptors (Lipinski definition) is 3. The molecule has 0 unspecified atom stereocenters. The molecule has 1 aromatic heterocycles. The number of methoxy groups -OCH3 is 1. The fraction of sp³-hybridized carbons (Fsp3) is 0.238. The fourth-order valence-electron chi connectivity index (χ4n) is 2.96. The smallest absolute Gasteiger partial charge is 0.255 e. The molecule has 26 heavy (non-hydrogen) atoms. The molecule has 1 amide bonds. The Kier molecular flexibility index (Phi) is 4.21. The van der Waals surface area contributed by atoms with Gasteiger partial charge in [0.1, 0.15) is 5.75 Å². The highest BCUT2D eigenvalue weighted by atomic mass is 16.5. The maximum absolute atomic E-state index is 12.5. The molecule has 1 fully saturated rings. The van der Waals surface area contributed by atoms with Crippen molar-refractivity contribution >= 4 is 29.0 Å². The fourth-order valence-corrected chi connectivity index (χ4v) is 2.96. The van der Waals surface area contributed by atoms with Crippen molar-refractivity contribution in [2.24, 2.45) is 0 Å². The monoisotopic (exact) mass is 347 g/mol. The number of carbonyl (C=O) groups is 1. The van der Waals surface area contributed by atoms with Gasteiger partial charge < -0.3 is 10.1 Å². The average molecular weight is 347 g/mol. The molecule has 1 aliphatic carbocycles. The lowest BCUT2D eigenvalue weighted by Crippen LogP contribution is -2.25. The van der Waals surface area contributed by atoms with E-state index in [-0.39, 0.29) is 5.91 Å². The second-order valence-electron chi connectivity index (χ2n) is 6.67. The van der Waals surface area contributed by atoms with Crippen LogP contribution in [-0.4, -0.2) is 29.3 Å². The quantitative estimate of drug-likeness (QED) is 0.734. The summed E-state index contributed by atoms with van der Waals surface area (Å²) in [7, 11) is 1.59. The van der Waals surface area contributed by atoms with E-state index in [0.717, 1.165) is 35.0 Å². The standard InChI is InChI=1S/C21H21N3O2/c1-13-3-5-14(6-4-13)7-11-17-19-18(24-23-17)12-10-16(20(19)26-2)21(25)22-15-8-9-15/h3-7,10-12,15H,8-9H2,1-2H3,(H,22,25)(H,23,24). The van der Waals surface area contributed by atoms with E-state index in [0.29, 0.717) is 17.4 Å². The second-order valence-corrected chi connectivity index (χ2v) is 6.67. The van der Waals surface area contributed by atoms with E-state index in [4.69, 9.17) is 4.74 Å². The third-order valence-corrected chi connectivity index (χ3v) is 4.58. The average Bonchev–Trinajstić information content (AvgIpc) is 3.37. The van der Waals surface area contributed by atoms with Crippen LogP contribution in [-0.2, 0) is 0 Å². The Morgan fingerprint density at radius 1 is 1.19 bits per heavy atom. The lowest BCUT2D eigenvalue weighted by molar-refractivity contribution is 0.0948. The van der Waals surface area contributed by atoms with Crippen molar-refractivity contribution in [2.75, 3.05) is 7.11 Å². The van der Waals surface area contributed by atoms with Crippen molar-refractivity contribution in [3.63, 3.8) is 0 Å². The molecule has 2 N–H and O–H groups in total. The number of amides is 1. The van der Waals surface area contributed by atoms with E-state index in [1.807, 2.05) is 18.2 Å². The molecule has 5 nitrogen and oxygen atoms in total. The van der Waals surface area contributed by atoms with Gasteiger partial charge in [-0.15, -0.1) is 0 Å². The number of fused-ring (bicyclic) bond motifs is 1. The van der Waals surface area contributed by atoms with Crippen molar-refractivity contribution in [1.82, 2.24) is 15.5 Å². The largest absolute Gasteiger partial charge is 0.495 e. The maximum Gasteiger partial charge on any atom is 0.255 e. The molecule has 0 spiro atoms. The van der Waals surface area contributed by atoms with Crippen molar-refractivity contribution < 1.29 is 9.53 Å². The van der Waals surface area contributed by atoms with E-state index in [1.165, 1.54) is 5.56 Å². The molecule has 3 aromatic rings. The summed E-state index contributed by atoms with van der Waals surface area (Å²) in [5.41, 5.74) is 4.44. The van der Waals surface area contributed by atoms with Crippen LogP contribution in [0.5, 0.6) is 5.75 Å². The zero-order valence-corrected chi connectivity index (χ0v) is 14.9. The number of aromatic amines is 1. The number of nitrogens with one attached hydrogen (secondary N) is 2. The Morgan fingerprint density at radius 2 is 1.96 bits per heavy atom. The molecule has 0 bridgehead atoms. The number of benzene rings is 2. The number of hydrogen-bond donors (Lipinski definition) is 2. The summed E-state index contributed by atoms with van der Waals surface area (Å²) < 4.78 is 5.59. The topological polar surface area (TPSA) is 67.0 Å². The minimum atomic E-state index is -0.0964. The van der Waals surface area contributed by atoms with Gasteiger partial charge in [-0.2, -0.15) is 5.10 Å². The van der Waals surface area contributed by atoms with Crippen LogP contribution in [0.1, 0.15) is 40.0 Å². The van der Waals surface area contributed by atoms with Crippen LogP contribution >= 0.6 is 0 Å². The van der Waals surface area contributed by atoms with E-state index < -0.39 is 0 Å². The van der Waals surface area contributed by atoms with Gasteiger partial charge in [0, 0.05) is 6.04 Å². The van der Waals surface area contributed by atoms with Gasteiger partial charge in [-0.25, -0.2) is 0 Å². The van der Waals surface area contributed by atoms with Crippen molar-refractivity contribution in [3.8, 4) is 5.75 Å². The minimum Gasteiger partial charge on any atom is -0.495 e. The number of nitrogens with zero attached hydrogens (tertiary/aromatic N) is 1. The first-order valence-corrected chi connectivity index (χ1v) is 8.76. The highest BCUT2D eigenvalue weighted by Gasteiger charge is 2.26. The van der Waals surface area contributed by atoms with E-state index >= 15 is 0 Å². The molecule has 2 aromatic carbocycles. The van der Waals surface area contributed by atoms with Crippen molar-refractivity contribution in [3.05, 3.63) is 58.8 Å². The molecule has 5 heteroatoms. The third kappa shape index (κ3) is 3.20. The van der Waals surface area contributed by atoms with Crippen LogP contribution in [0, 0.1) is 6.92 Å². The zero-order chi connectivity index (χ0) is 18.1. The van der Waals surface area contributed by atoms with Crippen LogP contribution in [0.3, 0.4) is 0 Å². The van der Waals surface area contributed by atoms with Crippen LogP contribution in [0.4, 0.5) is 0 Å². The molecule has 0 atom stereocenters. The summed E-state index contributed by atoms with van der Waals surface area (Å²) in [5.74, 6) is 0.457. The highest BCUT2D eigenvalue weighted by molar-refractivity contribution is 6.05. The van der Waals surface area contributed by atoms with Crippen molar-refractivity contribution in [1.29, 1.82) is 0 Å². The van der Waals surface area contributed by atoms with Crippen LogP contribution in [0.25, 0.3) is 23.1 Å². The molecule has 1 aliphatic rings. The lowest BCUT2D eigenvalue weighted by atomic mass is 10.1. The van der Waals surface area contributed by atoms with Crippen LogP contribution in [0.2, 0.25) is 0 Å². The minimum absolute atomic E-state index is 0.0964. The van der Waals surface area contributed by atoms with Gasteiger partial charge in [0.15, 0.2) is 0 Å². The molecule has 4 rings (SSSR count). The van der Waals surface area contributed by atoms with Gasteiger partial charge in [0.25, 0.3) is 5.91 Å². The summed E-state index contributed by atoms with van der Waals surface area (Å²) in [6.07, 6.45) is 6.04. The molecule has 0 saturated heterocycles. The molecule has 0 aliphatic heterocycles. The maximum atomic E-state index is 12.5. The molecular formula is C21H21N3O2. The van der Waals surface area contributed by atoms with E-state index in [9.17, 15) is 4.79 Å². The lowest BCUT2D eigenvalue weighted by Gasteiger charge is -2.10. The molecule has 1 saturated carbocycles. The molecule has 132 valence electrons. The van der Waals surface area contributed by atoms with Gasteiger partial charge in [-0.05, 0) is 43.5 Å². The van der Waals surface area contributed by atoms with Crippen LogP contribution < -0.4 is 10.1 Å². The van der Waals surface area contributed by atoms with Gasteiger partial charge in [0.2, 0.25) is 0 Å². The number of rotatable bonds is 5. The number of carbonyl (C=O) groups excluding carboxylic acids is 1. The van der Waals surface area contributed by atoms with Crippen molar-refractivity contribution in [2.45, 2.75) is 25.8 Å². The summed E-state index contributed by atoms with van der Waals surface area (Å²) in [5, 5.41) is 11.2. The number of aromatic nitrogens is 2. The summed E-state index contributed by atoms with van der Waals surface area (Å²) >= 11 is 0. The SMILES string of the molecule is COc1c(C(=O)NC2CC2)ccc2[nH]nc(C=Cc3ccc(C)cc3)c12. The molecule has 0 radical (unpaired) electrons. The second kappa shape index (κ2) is 6.67. The number of ether oxygens (including phenoxy) is 1. The predicted octanol–water partition coefficient (Wildman–Crippen LogP) is 3.94. The molecule has 1 heterocycles. The first-order chi connectivity index (χ1) is 12.7. The number of aryl methyl sites for hydroxylation is 1. The summed E-state index contributed by atoms with van der Waals surface area (Å²) in [4.78, 5) is 12.5. The van der Waals surface area contributed by atoms with Gasteiger partial charge in [-0.3, -0.25) is 9.89 Å². The predicted molar refractivity (Wildman–Crippen MR) is 103 cm³/mol. The zero-order valence-electron chi connectivity index (χ0n) is 14.9. The highest BCUT2D eigenvalue weighted by Crippen LogP contribution is 2.33. The Hall–Kier alpha value is -3.08. The van der Waals surface area contributed by atoms with Crippen LogP contribution in [0.15, 0.2) is 36.4 Å². The number of H-pyrrole nitrogens is 1. The molecular weight excluding hydrogens is 326 g/mol. The first kappa shape index (κ1) is 16.4. The van der Waals surface area contributed by atoms with E-state index in [2.05, 4.69) is 46.7 Å². The Morgan fingerprint density at radius 3 is 2.65 bits per heavy atom. The third-order valence-electron chi connectivity index (χ3n) is 4.58. The Bertz CT molecular complexity index is 982. The van der Waals surface area contributed by atoms with Gasteiger partial charge in [0.05, 0.1) is 29.3 Å². The van der Waals surface area contributed by atoms with E-state index in [1.54, 1.807) is 13.2 Å². The summed E-state index contributed by atoms with van der Waals surface area (Å²) in [6.45, 7) is 2.06. The van der Waals surface area contributed by atoms with Gasteiger partial charge in [-0.1, -0.05) is 35.9 Å². The normalized spacial score (nSPS) is 14.1.